The van der Waals surface area contributed by atoms with Gasteiger partial charge in [0.15, 0.2) is 0 Å². The lowest BCUT2D eigenvalue weighted by atomic mass is 9.97. The van der Waals surface area contributed by atoms with Gasteiger partial charge in [-0.15, -0.1) is 0 Å². The van der Waals surface area contributed by atoms with Crippen molar-refractivity contribution in [2.45, 2.75) is 46.0 Å². The van der Waals surface area contributed by atoms with Crippen LogP contribution >= 0.6 is 0 Å². The van der Waals surface area contributed by atoms with Crippen LogP contribution < -0.4 is 0 Å². The molecule has 2 unspecified atom stereocenters. The molecular weight excluding hydrogens is 158 g/mol. The summed E-state index contributed by atoms with van der Waals surface area (Å²) in [5, 5.41) is 0. The van der Waals surface area contributed by atoms with Crippen LogP contribution in [0.25, 0.3) is 0 Å². The van der Waals surface area contributed by atoms with Gasteiger partial charge in [0.05, 0.1) is 0 Å². The van der Waals surface area contributed by atoms with Crippen molar-refractivity contribution in [3.63, 3.8) is 0 Å². The highest BCUT2D eigenvalue weighted by atomic mass is 15.2. The Kier molecular flexibility index (Phi) is 2.64. The van der Waals surface area contributed by atoms with Gasteiger partial charge in [-0.25, -0.2) is 0 Å². The van der Waals surface area contributed by atoms with Gasteiger partial charge in [-0.3, -0.25) is 0 Å². The van der Waals surface area contributed by atoms with E-state index in [1.165, 1.54) is 45.3 Å². The summed E-state index contributed by atoms with van der Waals surface area (Å²) in [5.41, 5.74) is 0.811. The molecule has 2 atom stereocenters. The lowest BCUT2D eigenvalue weighted by Gasteiger charge is -2.18. The van der Waals surface area contributed by atoms with Crippen molar-refractivity contribution >= 4 is 0 Å². The zero-order chi connectivity index (χ0) is 9.31. The van der Waals surface area contributed by atoms with Gasteiger partial charge in [0.25, 0.3) is 0 Å². The van der Waals surface area contributed by atoms with Gasteiger partial charge in [-0.1, -0.05) is 33.1 Å². The predicted octanol–water partition coefficient (Wildman–Crippen LogP) is 2.91. The van der Waals surface area contributed by atoms with Gasteiger partial charge in [-0.05, 0) is 30.7 Å². The summed E-state index contributed by atoms with van der Waals surface area (Å²) in [4.78, 5) is 2.64. The highest BCUT2D eigenvalue weighted by Gasteiger charge is 2.58. The first kappa shape index (κ1) is 9.51. The van der Waals surface area contributed by atoms with Gasteiger partial charge in [0.2, 0.25) is 0 Å². The second kappa shape index (κ2) is 3.61. The van der Waals surface area contributed by atoms with Crippen molar-refractivity contribution in [3.8, 4) is 0 Å². The molecule has 0 aromatic carbocycles. The SMILES string of the molecule is CCCCCC12CC1CN(CC)C2. The monoisotopic (exact) mass is 181 g/mol. The van der Waals surface area contributed by atoms with Crippen molar-refractivity contribution in [1.29, 1.82) is 0 Å². The van der Waals surface area contributed by atoms with Crippen molar-refractivity contribution in [2.75, 3.05) is 19.6 Å². The molecule has 2 fully saturated rings. The zero-order valence-electron chi connectivity index (χ0n) is 9.18. The third-order valence-electron chi connectivity index (χ3n) is 4.10. The van der Waals surface area contributed by atoms with Crippen LogP contribution in [-0.2, 0) is 0 Å². The number of fused-ring (bicyclic) bond motifs is 1. The summed E-state index contributed by atoms with van der Waals surface area (Å²) in [7, 11) is 0. The number of rotatable bonds is 5. The third kappa shape index (κ3) is 1.76. The molecular formula is C12H23N. The Bertz CT molecular complexity index is 178. The molecule has 0 radical (unpaired) electrons. The van der Waals surface area contributed by atoms with E-state index in [2.05, 4.69) is 18.7 Å². The Morgan fingerprint density at radius 1 is 1.31 bits per heavy atom. The Hall–Kier alpha value is -0.0400. The highest BCUT2D eigenvalue weighted by Crippen LogP contribution is 2.60. The molecule has 1 saturated carbocycles. The standard InChI is InChI=1S/C12H23N/c1-3-5-6-7-12-8-11(12)9-13(4-2)10-12/h11H,3-10H2,1-2H3. The fourth-order valence-corrected chi connectivity index (χ4v) is 3.06. The maximum atomic E-state index is 2.64. The van der Waals surface area contributed by atoms with Crippen molar-refractivity contribution in [2.24, 2.45) is 11.3 Å². The van der Waals surface area contributed by atoms with Crippen molar-refractivity contribution in [3.05, 3.63) is 0 Å². The molecule has 1 heterocycles. The first-order valence-corrected chi connectivity index (χ1v) is 6.03. The Labute approximate surface area is 82.5 Å². The van der Waals surface area contributed by atoms with E-state index in [-0.39, 0.29) is 0 Å². The molecule has 76 valence electrons. The van der Waals surface area contributed by atoms with Crippen LogP contribution in [0.2, 0.25) is 0 Å². The van der Waals surface area contributed by atoms with E-state index in [0.717, 1.165) is 11.3 Å². The summed E-state index contributed by atoms with van der Waals surface area (Å²) in [6.45, 7) is 8.69. The Morgan fingerprint density at radius 3 is 2.77 bits per heavy atom. The Morgan fingerprint density at radius 2 is 2.15 bits per heavy atom. The predicted molar refractivity (Wildman–Crippen MR) is 56.8 cm³/mol. The zero-order valence-corrected chi connectivity index (χ0v) is 9.18. The number of nitrogens with zero attached hydrogens (tertiary/aromatic N) is 1. The average molecular weight is 181 g/mol. The molecule has 0 spiro atoms. The van der Waals surface area contributed by atoms with Crippen LogP contribution in [0.4, 0.5) is 0 Å². The fourth-order valence-electron chi connectivity index (χ4n) is 3.06. The summed E-state index contributed by atoms with van der Waals surface area (Å²) in [6, 6.07) is 0. The van der Waals surface area contributed by atoms with Gasteiger partial charge in [0.1, 0.15) is 0 Å². The summed E-state index contributed by atoms with van der Waals surface area (Å²) in [6.07, 6.45) is 7.36. The number of likely N-dealkylation sites (tertiary alicyclic amines) is 1. The van der Waals surface area contributed by atoms with Crippen LogP contribution in [0.15, 0.2) is 0 Å². The molecule has 0 aromatic rings. The number of unbranched alkanes of at least 4 members (excludes halogenated alkanes) is 2. The molecule has 1 saturated heterocycles. The molecule has 13 heavy (non-hydrogen) atoms. The Balaban J connectivity index is 1.74. The second-order valence-electron chi connectivity index (χ2n) is 5.05. The average Bonchev–Trinajstić information content (AvgIpc) is 2.69. The van der Waals surface area contributed by atoms with Gasteiger partial charge in [0, 0.05) is 13.1 Å². The summed E-state index contributed by atoms with van der Waals surface area (Å²) in [5.74, 6) is 1.09. The topological polar surface area (TPSA) is 3.24 Å². The third-order valence-corrected chi connectivity index (χ3v) is 4.10. The van der Waals surface area contributed by atoms with Crippen LogP contribution in [-0.4, -0.2) is 24.5 Å². The lowest BCUT2D eigenvalue weighted by molar-refractivity contribution is 0.284. The minimum Gasteiger partial charge on any atom is -0.303 e. The maximum Gasteiger partial charge on any atom is 0.00412 e. The van der Waals surface area contributed by atoms with Crippen LogP contribution in [0.1, 0.15) is 46.0 Å². The lowest BCUT2D eigenvalue weighted by Crippen LogP contribution is -2.24. The smallest absolute Gasteiger partial charge is 0.00412 e. The summed E-state index contributed by atoms with van der Waals surface area (Å²) >= 11 is 0. The molecule has 2 rings (SSSR count). The first-order chi connectivity index (χ1) is 6.30. The van der Waals surface area contributed by atoms with E-state index in [0.29, 0.717) is 0 Å². The van der Waals surface area contributed by atoms with Crippen LogP contribution in [0, 0.1) is 11.3 Å². The van der Waals surface area contributed by atoms with Gasteiger partial charge < -0.3 is 4.90 Å². The minimum absolute atomic E-state index is 0.811. The van der Waals surface area contributed by atoms with Gasteiger partial charge in [-0.2, -0.15) is 0 Å². The molecule has 1 nitrogen and oxygen atoms in total. The van der Waals surface area contributed by atoms with E-state index in [1.54, 1.807) is 6.42 Å². The van der Waals surface area contributed by atoms with E-state index in [4.69, 9.17) is 0 Å². The molecule has 2 aliphatic rings. The number of piperidine rings is 1. The van der Waals surface area contributed by atoms with Crippen molar-refractivity contribution < 1.29 is 0 Å². The van der Waals surface area contributed by atoms with E-state index in [9.17, 15) is 0 Å². The normalized spacial score (nSPS) is 37.8. The minimum atomic E-state index is 0.811. The first-order valence-electron chi connectivity index (χ1n) is 6.03. The maximum absolute atomic E-state index is 2.64. The molecule has 0 bridgehead atoms. The molecule has 0 aromatic heterocycles. The van der Waals surface area contributed by atoms with Gasteiger partial charge >= 0.3 is 0 Å². The van der Waals surface area contributed by atoms with Crippen LogP contribution in [0.3, 0.4) is 0 Å². The largest absolute Gasteiger partial charge is 0.303 e. The number of hydrogen-bond donors (Lipinski definition) is 0. The van der Waals surface area contributed by atoms with E-state index < -0.39 is 0 Å². The fraction of sp³-hybridized carbons (Fsp3) is 1.00. The molecule has 1 aliphatic heterocycles. The van der Waals surface area contributed by atoms with Crippen LogP contribution in [0.5, 0.6) is 0 Å². The number of hydrogen-bond acceptors (Lipinski definition) is 1. The highest BCUT2D eigenvalue weighted by molar-refractivity contribution is 5.09. The molecule has 0 N–H and O–H groups in total. The van der Waals surface area contributed by atoms with E-state index >= 15 is 0 Å². The second-order valence-corrected chi connectivity index (χ2v) is 5.05. The molecule has 0 amide bonds. The summed E-state index contributed by atoms with van der Waals surface area (Å²) < 4.78 is 0. The quantitative estimate of drug-likeness (QED) is 0.589. The van der Waals surface area contributed by atoms with E-state index in [1.807, 2.05) is 0 Å². The molecule has 1 aliphatic carbocycles. The molecule has 1 heteroatoms. The van der Waals surface area contributed by atoms with Crippen molar-refractivity contribution in [1.82, 2.24) is 4.90 Å².